The van der Waals surface area contributed by atoms with Crippen molar-refractivity contribution in [2.75, 3.05) is 25.0 Å². The molecule has 10 heteroatoms. The van der Waals surface area contributed by atoms with Crippen molar-refractivity contribution < 1.29 is 13.3 Å². The molecule has 9 nitrogen and oxygen atoms in total. The highest BCUT2D eigenvalue weighted by Crippen LogP contribution is 2.30. The Morgan fingerprint density at radius 3 is 2.69 bits per heavy atom. The molecule has 0 amide bonds. The normalized spacial score (nSPS) is 15.2. The fraction of sp³-hybridized carbons (Fsp3) is 0.438. The van der Waals surface area contributed by atoms with Gasteiger partial charge >= 0.3 is 0 Å². The Labute approximate surface area is 151 Å². The number of nitro groups is 1. The zero-order valence-corrected chi connectivity index (χ0v) is 15.1. The highest BCUT2D eigenvalue weighted by molar-refractivity contribution is 7.89. The molecule has 0 saturated carbocycles. The molecule has 2 aromatic rings. The van der Waals surface area contributed by atoms with Gasteiger partial charge in [-0.3, -0.25) is 14.8 Å². The molecule has 2 heterocycles. The van der Waals surface area contributed by atoms with E-state index in [0.29, 0.717) is 31.9 Å². The molecule has 1 aromatic heterocycles. The first-order chi connectivity index (χ1) is 12.5. The van der Waals surface area contributed by atoms with Crippen LogP contribution in [0.1, 0.15) is 19.3 Å². The van der Waals surface area contributed by atoms with Crippen molar-refractivity contribution in [2.24, 2.45) is 0 Å². The lowest BCUT2D eigenvalue weighted by Gasteiger charge is -2.18. The number of rotatable bonds is 8. The molecule has 1 aliphatic rings. The Morgan fingerprint density at radius 1 is 1.27 bits per heavy atom. The third-order valence-electron chi connectivity index (χ3n) is 4.30. The van der Waals surface area contributed by atoms with Crippen LogP contribution in [0.15, 0.2) is 41.6 Å². The van der Waals surface area contributed by atoms with Crippen molar-refractivity contribution in [1.29, 1.82) is 0 Å². The number of nitrogens with zero attached hydrogens (tertiary/aromatic N) is 4. The summed E-state index contributed by atoms with van der Waals surface area (Å²) in [5.41, 5.74) is 0.160. The van der Waals surface area contributed by atoms with E-state index in [1.54, 1.807) is 10.9 Å². The lowest BCUT2D eigenvalue weighted by atomic mass is 10.2. The van der Waals surface area contributed by atoms with E-state index in [1.807, 2.05) is 12.3 Å². The smallest absolute Gasteiger partial charge is 0.270 e. The quantitative estimate of drug-likeness (QED) is 0.427. The fourth-order valence-corrected chi connectivity index (χ4v) is 4.65. The summed E-state index contributed by atoms with van der Waals surface area (Å²) in [5.74, 6) is 0. The van der Waals surface area contributed by atoms with Crippen molar-refractivity contribution in [3.8, 4) is 0 Å². The summed E-state index contributed by atoms with van der Waals surface area (Å²) in [7, 11) is -3.76. The second kappa shape index (κ2) is 7.83. The first kappa shape index (κ1) is 18.3. The average molecular weight is 379 g/mol. The molecular formula is C16H21N5O4S. The van der Waals surface area contributed by atoms with E-state index < -0.39 is 14.9 Å². The number of sulfonamides is 1. The van der Waals surface area contributed by atoms with Gasteiger partial charge in [0.15, 0.2) is 0 Å². The summed E-state index contributed by atoms with van der Waals surface area (Å²) in [6.45, 7) is 2.12. The Kier molecular flexibility index (Phi) is 5.52. The van der Waals surface area contributed by atoms with Gasteiger partial charge in [0.05, 0.1) is 10.6 Å². The molecule has 0 atom stereocenters. The number of hydrogen-bond acceptors (Lipinski definition) is 6. The van der Waals surface area contributed by atoms with Crippen molar-refractivity contribution in [1.82, 2.24) is 14.1 Å². The van der Waals surface area contributed by atoms with E-state index in [9.17, 15) is 18.5 Å². The maximum Gasteiger partial charge on any atom is 0.270 e. The lowest BCUT2D eigenvalue weighted by Crippen LogP contribution is -2.28. The minimum absolute atomic E-state index is 0.0345. The summed E-state index contributed by atoms with van der Waals surface area (Å²) < 4.78 is 29.0. The molecule has 3 rings (SSSR count). The van der Waals surface area contributed by atoms with E-state index in [4.69, 9.17) is 0 Å². The molecule has 1 aliphatic heterocycles. The van der Waals surface area contributed by atoms with Crippen LogP contribution >= 0.6 is 0 Å². The predicted molar refractivity (Wildman–Crippen MR) is 96.4 cm³/mol. The molecule has 140 valence electrons. The molecular weight excluding hydrogens is 358 g/mol. The number of hydrogen-bond donors (Lipinski definition) is 1. The minimum atomic E-state index is -3.76. The molecule has 1 aromatic carbocycles. The van der Waals surface area contributed by atoms with Gasteiger partial charge in [-0.15, -0.1) is 0 Å². The van der Waals surface area contributed by atoms with E-state index in [2.05, 4.69) is 10.4 Å². The van der Waals surface area contributed by atoms with Crippen LogP contribution in [0.4, 0.5) is 11.4 Å². The van der Waals surface area contributed by atoms with E-state index in [1.165, 1.54) is 16.4 Å². The Morgan fingerprint density at radius 2 is 2.04 bits per heavy atom. The second-order valence-electron chi connectivity index (χ2n) is 6.10. The first-order valence-electron chi connectivity index (χ1n) is 8.48. The van der Waals surface area contributed by atoms with Gasteiger partial charge in [0.25, 0.3) is 5.69 Å². The summed E-state index contributed by atoms with van der Waals surface area (Å²) in [4.78, 5) is 10.5. The number of aromatic nitrogens is 2. The number of anilines is 1. The zero-order valence-electron chi connectivity index (χ0n) is 14.2. The molecule has 0 spiro atoms. The first-order valence-corrected chi connectivity index (χ1v) is 9.92. The van der Waals surface area contributed by atoms with Crippen molar-refractivity contribution in [3.63, 3.8) is 0 Å². The van der Waals surface area contributed by atoms with Crippen molar-refractivity contribution in [3.05, 3.63) is 46.8 Å². The van der Waals surface area contributed by atoms with Crippen LogP contribution < -0.4 is 5.32 Å². The molecule has 0 radical (unpaired) electrons. The SMILES string of the molecule is O=[N+]([O-])c1ccc(NCCCn2cccn2)c(S(=O)(=O)N2CCCC2)c1. The highest BCUT2D eigenvalue weighted by Gasteiger charge is 2.30. The number of nitro benzene ring substituents is 1. The molecule has 26 heavy (non-hydrogen) atoms. The highest BCUT2D eigenvalue weighted by atomic mass is 32.2. The minimum Gasteiger partial charge on any atom is -0.384 e. The summed E-state index contributed by atoms with van der Waals surface area (Å²) in [5, 5.41) is 18.3. The van der Waals surface area contributed by atoms with E-state index >= 15 is 0 Å². The summed E-state index contributed by atoms with van der Waals surface area (Å²) >= 11 is 0. The van der Waals surface area contributed by atoms with Gasteiger partial charge in [0.1, 0.15) is 4.90 Å². The average Bonchev–Trinajstić information content (AvgIpc) is 3.32. The van der Waals surface area contributed by atoms with Gasteiger partial charge in [0.2, 0.25) is 10.0 Å². The second-order valence-corrected chi connectivity index (χ2v) is 8.00. The molecule has 1 fully saturated rings. The summed E-state index contributed by atoms with van der Waals surface area (Å²) in [6, 6.07) is 5.77. The Balaban J connectivity index is 1.78. The van der Waals surface area contributed by atoms with Crippen LogP contribution in [0.2, 0.25) is 0 Å². The number of non-ortho nitro benzene ring substituents is 1. The van der Waals surface area contributed by atoms with Crippen molar-refractivity contribution >= 4 is 21.4 Å². The third kappa shape index (κ3) is 4.02. The Hall–Kier alpha value is -2.46. The van der Waals surface area contributed by atoms with Gasteiger partial charge in [-0.05, 0) is 31.4 Å². The molecule has 0 bridgehead atoms. The molecule has 1 saturated heterocycles. The lowest BCUT2D eigenvalue weighted by molar-refractivity contribution is -0.385. The molecule has 0 aliphatic carbocycles. The molecule has 1 N–H and O–H groups in total. The standard InChI is InChI=1S/C16H21N5O4S/c22-21(23)14-5-6-15(17-7-3-9-19-10-4-8-18-19)16(13-14)26(24,25)20-11-1-2-12-20/h4-6,8,10,13,17H,1-3,7,9,11-12H2. The predicted octanol–water partition coefficient (Wildman–Crippen LogP) is 2.08. The number of benzene rings is 1. The maximum absolute atomic E-state index is 12.9. The van der Waals surface area contributed by atoms with Crippen LogP contribution in [0.3, 0.4) is 0 Å². The zero-order chi connectivity index (χ0) is 18.6. The van der Waals surface area contributed by atoms with Gasteiger partial charge in [0, 0.05) is 50.7 Å². The summed E-state index contributed by atoms with van der Waals surface area (Å²) in [6.07, 6.45) is 5.91. The maximum atomic E-state index is 12.9. The topological polar surface area (TPSA) is 110 Å². The van der Waals surface area contributed by atoms with Gasteiger partial charge < -0.3 is 5.32 Å². The third-order valence-corrected chi connectivity index (χ3v) is 6.24. The van der Waals surface area contributed by atoms with Crippen LogP contribution in [0.5, 0.6) is 0 Å². The van der Waals surface area contributed by atoms with Gasteiger partial charge in [-0.25, -0.2) is 8.42 Å². The Bertz CT molecular complexity index is 861. The van der Waals surface area contributed by atoms with Crippen LogP contribution in [-0.2, 0) is 16.6 Å². The van der Waals surface area contributed by atoms with Crippen LogP contribution in [-0.4, -0.2) is 47.1 Å². The van der Waals surface area contributed by atoms with Crippen LogP contribution in [0, 0.1) is 10.1 Å². The van der Waals surface area contributed by atoms with Gasteiger partial charge in [-0.1, -0.05) is 0 Å². The number of aryl methyl sites for hydroxylation is 1. The van der Waals surface area contributed by atoms with Gasteiger partial charge in [-0.2, -0.15) is 9.40 Å². The number of nitrogens with one attached hydrogen (secondary N) is 1. The largest absolute Gasteiger partial charge is 0.384 e. The van der Waals surface area contributed by atoms with Crippen molar-refractivity contribution in [2.45, 2.75) is 30.7 Å². The fourth-order valence-electron chi connectivity index (χ4n) is 2.95. The van der Waals surface area contributed by atoms with Crippen LogP contribution in [0.25, 0.3) is 0 Å². The van der Waals surface area contributed by atoms with E-state index in [-0.39, 0.29) is 10.6 Å². The monoisotopic (exact) mass is 379 g/mol. The van der Waals surface area contributed by atoms with E-state index in [0.717, 1.165) is 25.3 Å². The molecule has 0 unspecified atom stereocenters.